The van der Waals surface area contributed by atoms with Crippen LogP contribution >= 0.6 is 0 Å². The van der Waals surface area contributed by atoms with Crippen molar-refractivity contribution >= 4 is 5.91 Å². The maximum Gasteiger partial charge on any atom is 0.254 e. The van der Waals surface area contributed by atoms with Gasteiger partial charge in [0.05, 0.1) is 11.8 Å². The number of benzene rings is 1. The summed E-state index contributed by atoms with van der Waals surface area (Å²) >= 11 is 0. The van der Waals surface area contributed by atoms with Crippen LogP contribution in [0, 0.1) is 0 Å². The first kappa shape index (κ1) is 14.8. The molecule has 5 heteroatoms. The van der Waals surface area contributed by atoms with Crippen molar-refractivity contribution in [3.05, 3.63) is 53.9 Å². The Morgan fingerprint density at radius 2 is 2.18 bits per heavy atom. The lowest BCUT2D eigenvalue weighted by atomic mass is 10.0. The fourth-order valence-electron chi connectivity index (χ4n) is 2.97. The molecule has 0 aliphatic carbocycles. The third-order valence-corrected chi connectivity index (χ3v) is 4.06. The van der Waals surface area contributed by atoms with E-state index in [1.165, 1.54) is 5.56 Å². The van der Waals surface area contributed by atoms with Gasteiger partial charge in [-0.25, -0.2) is 0 Å². The Kier molecular flexibility index (Phi) is 4.53. The number of carbonyl (C=O) groups is 1. The first-order valence-corrected chi connectivity index (χ1v) is 7.76. The summed E-state index contributed by atoms with van der Waals surface area (Å²) in [5.41, 5.74) is 1.95. The number of nitrogens with one attached hydrogen (secondary N) is 1. The molecule has 1 aromatic heterocycles. The van der Waals surface area contributed by atoms with E-state index in [4.69, 9.17) is 0 Å². The van der Waals surface area contributed by atoms with Gasteiger partial charge in [0.1, 0.15) is 0 Å². The van der Waals surface area contributed by atoms with Gasteiger partial charge in [-0.2, -0.15) is 5.10 Å². The van der Waals surface area contributed by atoms with E-state index in [1.807, 2.05) is 13.1 Å². The fourth-order valence-corrected chi connectivity index (χ4v) is 2.97. The zero-order chi connectivity index (χ0) is 15.4. The summed E-state index contributed by atoms with van der Waals surface area (Å²) in [7, 11) is 1.82. The van der Waals surface area contributed by atoms with Crippen LogP contribution in [-0.4, -0.2) is 39.7 Å². The van der Waals surface area contributed by atoms with E-state index < -0.39 is 0 Å². The highest BCUT2D eigenvalue weighted by Crippen LogP contribution is 2.14. The number of aromatic nitrogens is 2. The van der Waals surface area contributed by atoms with Gasteiger partial charge in [0.2, 0.25) is 0 Å². The van der Waals surface area contributed by atoms with Crippen LogP contribution < -0.4 is 5.32 Å². The molecule has 1 aromatic carbocycles. The van der Waals surface area contributed by atoms with E-state index >= 15 is 0 Å². The van der Waals surface area contributed by atoms with Crippen molar-refractivity contribution in [1.82, 2.24) is 20.0 Å². The predicted octanol–water partition coefficient (Wildman–Crippen LogP) is 1.81. The van der Waals surface area contributed by atoms with Crippen LogP contribution in [0.15, 0.2) is 42.7 Å². The number of nitrogens with zero attached hydrogens (tertiary/aromatic N) is 3. The summed E-state index contributed by atoms with van der Waals surface area (Å²) in [5, 5.41) is 7.18. The van der Waals surface area contributed by atoms with Gasteiger partial charge in [-0.3, -0.25) is 14.4 Å². The third-order valence-electron chi connectivity index (χ3n) is 4.06. The number of amides is 1. The lowest BCUT2D eigenvalue weighted by Crippen LogP contribution is -2.47. The molecule has 0 radical (unpaired) electrons. The minimum Gasteiger partial charge on any atom is -0.348 e. The topological polar surface area (TPSA) is 50.2 Å². The molecule has 116 valence electrons. The van der Waals surface area contributed by atoms with E-state index in [0.717, 1.165) is 32.5 Å². The van der Waals surface area contributed by atoms with Crippen LogP contribution in [0.5, 0.6) is 0 Å². The van der Waals surface area contributed by atoms with Gasteiger partial charge in [0.15, 0.2) is 0 Å². The molecule has 1 atom stereocenters. The first-order chi connectivity index (χ1) is 10.7. The Bertz CT molecular complexity index is 623. The zero-order valence-corrected chi connectivity index (χ0v) is 12.9. The van der Waals surface area contributed by atoms with Crippen molar-refractivity contribution in [1.29, 1.82) is 0 Å². The standard InChI is InChI=1S/C17H22N4O/c1-20-12-15(10-18-20)17(22)19-16-8-5-9-21(13-16)11-14-6-3-2-4-7-14/h2-4,6-7,10,12,16H,5,8-9,11,13H2,1H3,(H,19,22). The quantitative estimate of drug-likeness (QED) is 0.936. The molecule has 1 aliphatic rings. The van der Waals surface area contributed by atoms with Crippen molar-refractivity contribution in [2.45, 2.75) is 25.4 Å². The molecule has 5 nitrogen and oxygen atoms in total. The van der Waals surface area contributed by atoms with Gasteiger partial charge < -0.3 is 5.32 Å². The Balaban J connectivity index is 1.55. The molecule has 2 heterocycles. The van der Waals surface area contributed by atoms with Gasteiger partial charge in [-0.1, -0.05) is 30.3 Å². The third kappa shape index (κ3) is 3.74. The van der Waals surface area contributed by atoms with Crippen LogP contribution in [0.25, 0.3) is 0 Å². The molecule has 0 spiro atoms. The van der Waals surface area contributed by atoms with Gasteiger partial charge in [0, 0.05) is 32.4 Å². The monoisotopic (exact) mass is 298 g/mol. The highest BCUT2D eigenvalue weighted by Gasteiger charge is 2.22. The Morgan fingerprint density at radius 3 is 2.91 bits per heavy atom. The largest absolute Gasteiger partial charge is 0.348 e. The van der Waals surface area contributed by atoms with Crippen molar-refractivity contribution in [3.8, 4) is 0 Å². The number of rotatable bonds is 4. The summed E-state index contributed by atoms with van der Waals surface area (Å²) < 4.78 is 1.65. The highest BCUT2D eigenvalue weighted by atomic mass is 16.1. The molecular weight excluding hydrogens is 276 g/mol. The Hall–Kier alpha value is -2.14. The minimum atomic E-state index is -0.0281. The summed E-state index contributed by atoms with van der Waals surface area (Å²) in [6.07, 6.45) is 5.52. The molecule has 1 aliphatic heterocycles. The molecule has 2 aromatic rings. The maximum atomic E-state index is 12.2. The summed E-state index contributed by atoms with van der Waals surface area (Å²) in [5.74, 6) is -0.0281. The molecule has 0 bridgehead atoms. The van der Waals surface area contributed by atoms with Crippen LogP contribution in [0.1, 0.15) is 28.8 Å². The fraction of sp³-hybridized carbons (Fsp3) is 0.412. The molecule has 1 amide bonds. The van der Waals surface area contributed by atoms with Crippen molar-refractivity contribution in [2.75, 3.05) is 13.1 Å². The lowest BCUT2D eigenvalue weighted by Gasteiger charge is -2.33. The second kappa shape index (κ2) is 6.75. The second-order valence-electron chi connectivity index (χ2n) is 5.94. The molecule has 1 fully saturated rings. The predicted molar refractivity (Wildman–Crippen MR) is 85.4 cm³/mol. The number of likely N-dealkylation sites (tertiary alicyclic amines) is 1. The summed E-state index contributed by atoms with van der Waals surface area (Å²) in [6, 6.07) is 10.7. The molecule has 3 rings (SSSR count). The number of aryl methyl sites for hydroxylation is 1. The van der Waals surface area contributed by atoms with Crippen molar-refractivity contribution < 1.29 is 4.79 Å². The van der Waals surface area contributed by atoms with Crippen LogP contribution in [0.3, 0.4) is 0 Å². The van der Waals surface area contributed by atoms with E-state index in [2.05, 4.69) is 39.6 Å². The van der Waals surface area contributed by atoms with Gasteiger partial charge >= 0.3 is 0 Å². The average molecular weight is 298 g/mol. The van der Waals surface area contributed by atoms with Gasteiger partial charge in [-0.15, -0.1) is 0 Å². The molecule has 22 heavy (non-hydrogen) atoms. The van der Waals surface area contributed by atoms with Gasteiger partial charge in [-0.05, 0) is 24.9 Å². The van der Waals surface area contributed by atoms with E-state index in [9.17, 15) is 4.79 Å². The smallest absolute Gasteiger partial charge is 0.254 e. The second-order valence-corrected chi connectivity index (χ2v) is 5.94. The normalized spacial score (nSPS) is 19.0. The average Bonchev–Trinajstić information content (AvgIpc) is 2.95. The van der Waals surface area contributed by atoms with Crippen molar-refractivity contribution in [2.24, 2.45) is 7.05 Å². The highest BCUT2D eigenvalue weighted by molar-refractivity contribution is 5.93. The molecule has 1 unspecified atom stereocenters. The Morgan fingerprint density at radius 1 is 1.36 bits per heavy atom. The minimum absolute atomic E-state index is 0.0281. The number of carbonyl (C=O) groups excluding carboxylic acids is 1. The Labute approximate surface area is 130 Å². The first-order valence-electron chi connectivity index (χ1n) is 7.76. The molecule has 1 saturated heterocycles. The van der Waals surface area contributed by atoms with Crippen LogP contribution in [0.4, 0.5) is 0 Å². The molecule has 1 N–H and O–H groups in total. The van der Waals surface area contributed by atoms with E-state index in [1.54, 1.807) is 17.1 Å². The summed E-state index contributed by atoms with van der Waals surface area (Å²) in [4.78, 5) is 14.6. The van der Waals surface area contributed by atoms with E-state index in [0.29, 0.717) is 5.56 Å². The molecular formula is C17H22N4O. The number of hydrogen-bond acceptors (Lipinski definition) is 3. The van der Waals surface area contributed by atoms with Crippen molar-refractivity contribution in [3.63, 3.8) is 0 Å². The number of piperidine rings is 1. The van der Waals surface area contributed by atoms with Gasteiger partial charge in [0.25, 0.3) is 5.91 Å². The summed E-state index contributed by atoms with van der Waals surface area (Å²) in [6.45, 7) is 2.94. The SMILES string of the molecule is Cn1cc(C(=O)NC2CCCN(Cc3ccccc3)C2)cn1. The lowest BCUT2D eigenvalue weighted by molar-refractivity contribution is 0.0900. The van der Waals surface area contributed by atoms with Crippen LogP contribution in [-0.2, 0) is 13.6 Å². The van der Waals surface area contributed by atoms with E-state index in [-0.39, 0.29) is 11.9 Å². The molecule has 0 saturated carbocycles. The van der Waals surface area contributed by atoms with Crippen LogP contribution in [0.2, 0.25) is 0 Å². The number of hydrogen-bond donors (Lipinski definition) is 1. The maximum absolute atomic E-state index is 12.2. The zero-order valence-electron chi connectivity index (χ0n) is 12.9.